The van der Waals surface area contributed by atoms with Gasteiger partial charge in [0.2, 0.25) is 10.0 Å². The van der Waals surface area contributed by atoms with Gasteiger partial charge in [0.05, 0.1) is 11.4 Å². The van der Waals surface area contributed by atoms with Crippen LogP contribution in [0.15, 0.2) is 47.1 Å². The zero-order valence-corrected chi connectivity index (χ0v) is 12.8. The van der Waals surface area contributed by atoms with Crippen LogP contribution in [-0.2, 0) is 16.4 Å². The fourth-order valence-electron chi connectivity index (χ4n) is 1.58. The molecule has 0 saturated heterocycles. The molecule has 0 fully saturated rings. The van der Waals surface area contributed by atoms with Crippen LogP contribution in [0.1, 0.15) is 5.69 Å². The minimum Gasteiger partial charge on any atom is -0.281 e. The van der Waals surface area contributed by atoms with Crippen LogP contribution in [0.2, 0.25) is 0 Å². The lowest BCUT2D eigenvalue weighted by Gasteiger charge is -2.09. The van der Waals surface area contributed by atoms with E-state index in [4.69, 9.17) is 0 Å². The van der Waals surface area contributed by atoms with Gasteiger partial charge in [0.1, 0.15) is 5.82 Å². The van der Waals surface area contributed by atoms with Gasteiger partial charge in [-0.05, 0) is 30.3 Å². The minimum absolute atomic E-state index is 0.0609. The average Bonchev–Trinajstić information content (AvgIpc) is 2.41. The summed E-state index contributed by atoms with van der Waals surface area (Å²) in [5.74, 6) is -0.778. The molecule has 0 amide bonds. The van der Waals surface area contributed by atoms with Crippen molar-refractivity contribution in [2.75, 3.05) is 10.5 Å². The predicted molar refractivity (Wildman–Crippen MR) is 79.5 cm³/mol. The van der Waals surface area contributed by atoms with Gasteiger partial charge in [0.25, 0.3) is 0 Å². The molecule has 0 radical (unpaired) electrons. The van der Waals surface area contributed by atoms with Gasteiger partial charge in [0.15, 0.2) is 0 Å². The van der Waals surface area contributed by atoms with Crippen molar-refractivity contribution in [3.05, 3.63) is 58.6 Å². The van der Waals surface area contributed by atoms with Crippen LogP contribution in [0.25, 0.3) is 0 Å². The molecule has 1 N–H and O–H groups in total. The van der Waals surface area contributed by atoms with Crippen molar-refractivity contribution in [2.24, 2.45) is 0 Å². The monoisotopic (exact) mass is 358 g/mol. The lowest BCUT2D eigenvalue weighted by molar-refractivity contribution is 0.597. The Morgan fingerprint density at radius 3 is 2.70 bits per heavy atom. The Labute approximate surface area is 125 Å². The Bertz CT molecular complexity index is 693. The van der Waals surface area contributed by atoms with Gasteiger partial charge >= 0.3 is 0 Å². The van der Waals surface area contributed by atoms with Crippen LogP contribution in [-0.4, -0.2) is 19.2 Å². The van der Waals surface area contributed by atoms with E-state index >= 15 is 0 Å². The summed E-state index contributed by atoms with van der Waals surface area (Å²) in [6, 6.07) is 9.44. The maximum atomic E-state index is 13.6. The van der Waals surface area contributed by atoms with Crippen molar-refractivity contribution in [1.82, 2.24) is 4.98 Å². The van der Waals surface area contributed by atoms with E-state index in [-0.39, 0.29) is 17.9 Å². The lowest BCUT2D eigenvalue weighted by atomic mass is 10.3. The van der Waals surface area contributed by atoms with E-state index in [9.17, 15) is 12.8 Å². The molecule has 106 valence electrons. The fourth-order valence-corrected chi connectivity index (χ4v) is 2.99. The molecule has 0 spiro atoms. The highest BCUT2D eigenvalue weighted by atomic mass is 79.9. The van der Waals surface area contributed by atoms with Crippen LogP contribution in [0.5, 0.6) is 0 Å². The maximum Gasteiger partial charge on any atom is 0.233 e. The number of aryl methyl sites for hydroxylation is 1. The Balaban J connectivity index is 2.04. The SMILES string of the molecule is O=S(=O)(CCc1ccccn1)Nc1ccc(Br)cc1F. The Morgan fingerprint density at radius 1 is 1.25 bits per heavy atom. The summed E-state index contributed by atoms with van der Waals surface area (Å²) in [5, 5.41) is 0. The number of aromatic nitrogens is 1. The molecule has 7 heteroatoms. The van der Waals surface area contributed by atoms with Gasteiger partial charge in [-0.25, -0.2) is 12.8 Å². The van der Waals surface area contributed by atoms with Gasteiger partial charge in [-0.1, -0.05) is 22.0 Å². The van der Waals surface area contributed by atoms with E-state index in [2.05, 4.69) is 25.6 Å². The zero-order valence-electron chi connectivity index (χ0n) is 10.4. The maximum absolute atomic E-state index is 13.6. The normalized spacial score (nSPS) is 11.3. The summed E-state index contributed by atoms with van der Waals surface area (Å²) in [4.78, 5) is 4.05. The van der Waals surface area contributed by atoms with Crippen LogP contribution in [0.3, 0.4) is 0 Å². The number of benzene rings is 1. The molecule has 0 aliphatic carbocycles. The Morgan fingerprint density at radius 2 is 2.05 bits per heavy atom. The standard InChI is InChI=1S/C13H12BrFN2O2S/c14-10-4-5-13(12(15)9-10)17-20(18,19)8-6-11-3-1-2-7-16-11/h1-5,7,9,17H,6,8H2. The number of nitrogens with zero attached hydrogens (tertiary/aromatic N) is 1. The third kappa shape index (κ3) is 4.28. The van der Waals surface area contributed by atoms with Gasteiger partial charge in [0, 0.05) is 22.8 Å². The quantitative estimate of drug-likeness (QED) is 0.893. The summed E-state index contributed by atoms with van der Waals surface area (Å²) >= 11 is 3.11. The highest BCUT2D eigenvalue weighted by molar-refractivity contribution is 9.10. The van der Waals surface area contributed by atoms with Crippen LogP contribution < -0.4 is 4.72 Å². The zero-order chi connectivity index (χ0) is 14.6. The molecule has 2 aromatic rings. The van der Waals surface area contributed by atoms with Crippen molar-refractivity contribution in [3.63, 3.8) is 0 Å². The van der Waals surface area contributed by atoms with Crippen molar-refractivity contribution in [1.29, 1.82) is 0 Å². The molecule has 1 aromatic heterocycles. The molecule has 4 nitrogen and oxygen atoms in total. The molecule has 1 aromatic carbocycles. The van der Waals surface area contributed by atoms with E-state index in [1.165, 1.54) is 12.1 Å². The van der Waals surface area contributed by atoms with Crippen molar-refractivity contribution >= 4 is 31.6 Å². The van der Waals surface area contributed by atoms with Gasteiger partial charge in [-0.3, -0.25) is 9.71 Å². The van der Waals surface area contributed by atoms with Crippen molar-refractivity contribution in [3.8, 4) is 0 Å². The molecular weight excluding hydrogens is 347 g/mol. The topological polar surface area (TPSA) is 59.1 Å². The van der Waals surface area contributed by atoms with Crippen molar-refractivity contribution < 1.29 is 12.8 Å². The number of halogens is 2. The Hall–Kier alpha value is -1.47. The molecule has 0 aliphatic rings. The van der Waals surface area contributed by atoms with E-state index < -0.39 is 15.8 Å². The molecular formula is C13H12BrFN2O2S. The van der Waals surface area contributed by atoms with E-state index in [1.807, 2.05) is 0 Å². The first kappa shape index (κ1) is 14.9. The summed E-state index contributed by atoms with van der Waals surface area (Å²) in [6.07, 6.45) is 1.87. The van der Waals surface area contributed by atoms with E-state index in [0.717, 1.165) is 0 Å². The first-order valence-electron chi connectivity index (χ1n) is 5.82. The minimum atomic E-state index is -3.61. The smallest absolute Gasteiger partial charge is 0.233 e. The van der Waals surface area contributed by atoms with Crippen LogP contribution in [0.4, 0.5) is 10.1 Å². The number of hydrogen-bond acceptors (Lipinski definition) is 3. The number of rotatable bonds is 5. The fraction of sp³-hybridized carbons (Fsp3) is 0.154. The summed E-state index contributed by atoms with van der Waals surface area (Å²) < 4.78 is 40.1. The predicted octanol–water partition coefficient (Wildman–Crippen LogP) is 2.97. The number of nitrogens with one attached hydrogen (secondary N) is 1. The van der Waals surface area contributed by atoms with Crippen LogP contribution in [0, 0.1) is 5.82 Å². The first-order valence-corrected chi connectivity index (χ1v) is 8.26. The molecule has 0 saturated carbocycles. The average molecular weight is 359 g/mol. The van der Waals surface area contributed by atoms with Crippen LogP contribution >= 0.6 is 15.9 Å². The number of hydrogen-bond donors (Lipinski definition) is 1. The molecule has 0 atom stereocenters. The largest absolute Gasteiger partial charge is 0.281 e. The van der Waals surface area contributed by atoms with E-state index in [1.54, 1.807) is 30.5 Å². The molecule has 1 heterocycles. The highest BCUT2D eigenvalue weighted by Crippen LogP contribution is 2.20. The van der Waals surface area contributed by atoms with Gasteiger partial charge in [-0.2, -0.15) is 0 Å². The second-order valence-corrected chi connectivity index (χ2v) is 6.87. The number of pyridine rings is 1. The Kier molecular flexibility index (Phi) is 4.72. The molecule has 0 unspecified atom stereocenters. The highest BCUT2D eigenvalue weighted by Gasteiger charge is 2.13. The summed E-state index contributed by atoms with van der Waals surface area (Å²) in [5.41, 5.74) is 0.614. The third-order valence-corrected chi connectivity index (χ3v) is 4.32. The first-order chi connectivity index (χ1) is 9.46. The number of anilines is 1. The molecule has 0 bridgehead atoms. The summed E-state index contributed by atoms with van der Waals surface area (Å²) in [6.45, 7) is 0. The number of sulfonamides is 1. The molecule has 2 rings (SSSR count). The van der Waals surface area contributed by atoms with E-state index in [0.29, 0.717) is 10.2 Å². The van der Waals surface area contributed by atoms with Crippen molar-refractivity contribution in [2.45, 2.75) is 6.42 Å². The van der Waals surface area contributed by atoms with Gasteiger partial charge in [-0.15, -0.1) is 0 Å². The molecule has 0 aliphatic heterocycles. The second-order valence-electron chi connectivity index (χ2n) is 4.12. The third-order valence-electron chi connectivity index (χ3n) is 2.55. The lowest BCUT2D eigenvalue weighted by Crippen LogP contribution is -2.19. The van der Waals surface area contributed by atoms with Gasteiger partial charge < -0.3 is 0 Å². The molecule has 20 heavy (non-hydrogen) atoms. The summed E-state index contributed by atoms with van der Waals surface area (Å²) in [7, 11) is -3.61. The second kappa shape index (κ2) is 6.32.